The smallest absolute Gasteiger partial charge is 0.0470 e. The number of hydrogen-bond acceptors (Lipinski definition) is 1. The van der Waals surface area contributed by atoms with Gasteiger partial charge in [-0.15, -0.1) is 0 Å². The lowest BCUT2D eigenvalue weighted by Crippen LogP contribution is -1.96. The standard InChI is InChI=1S/C42H29N/c1-3-13-29(14-4-1)31-17-11-18-33(27-31)43-41-24-12-23-34(42(41)30-15-5-2-6-16-30)32-25-26-39-37-21-8-7-19-35(37)36-20-9-10-22-38(36)40(39)28-32/h1-28,43H. The van der Waals surface area contributed by atoms with Crippen molar-refractivity contribution in [2.45, 2.75) is 0 Å². The van der Waals surface area contributed by atoms with Crippen molar-refractivity contribution in [3.8, 4) is 33.4 Å². The molecule has 0 spiro atoms. The molecule has 0 amide bonds. The number of benzene rings is 8. The van der Waals surface area contributed by atoms with Gasteiger partial charge in [-0.2, -0.15) is 0 Å². The second-order valence-electron chi connectivity index (χ2n) is 11.0. The van der Waals surface area contributed by atoms with E-state index in [9.17, 15) is 0 Å². The van der Waals surface area contributed by atoms with E-state index in [0.717, 1.165) is 11.4 Å². The quantitative estimate of drug-likeness (QED) is 0.211. The van der Waals surface area contributed by atoms with Crippen molar-refractivity contribution >= 4 is 43.7 Å². The molecule has 202 valence electrons. The summed E-state index contributed by atoms with van der Waals surface area (Å²) in [6.45, 7) is 0. The van der Waals surface area contributed by atoms with Gasteiger partial charge < -0.3 is 5.32 Å². The molecule has 0 aliphatic rings. The van der Waals surface area contributed by atoms with Crippen LogP contribution in [-0.2, 0) is 0 Å². The molecule has 0 saturated heterocycles. The maximum absolute atomic E-state index is 3.78. The summed E-state index contributed by atoms with van der Waals surface area (Å²) in [6.07, 6.45) is 0. The van der Waals surface area contributed by atoms with E-state index in [1.807, 2.05) is 0 Å². The number of anilines is 2. The van der Waals surface area contributed by atoms with Crippen LogP contribution in [0.15, 0.2) is 170 Å². The third kappa shape index (κ3) is 4.52. The Kier molecular flexibility index (Phi) is 6.20. The van der Waals surface area contributed by atoms with Crippen molar-refractivity contribution in [1.82, 2.24) is 0 Å². The molecule has 0 bridgehead atoms. The van der Waals surface area contributed by atoms with E-state index < -0.39 is 0 Å². The molecule has 0 radical (unpaired) electrons. The van der Waals surface area contributed by atoms with Crippen molar-refractivity contribution in [1.29, 1.82) is 0 Å². The summed E-state index contributed by atoms with van der Waals surface area (Å²) in [5.74, 6) is 0. The number of rotatable bonds is 5. The van der Waals surface area contributed by atoms with E-state index in [1.165, 1.54) is 65.7 Å². The van der Waals surface area contributed by atoms with E-state index in [4.69, 9.17) is 0 Å². The van der Waals surface area contributed by atoms with Gasteiger partial charge in [-0.05, 0) is 84.4 Å². The molecule has 0 aromatic heterocycles. The average Bonchev–Trinajstić information content (AvgIpc) is 3.09. The maximum atomic E-state index is 3.78. The summed E-state index contributed by atoms with van der Waals surface area (Å²) < 4.78 is 0. The second kappa shape index (κ2) is 10.6. The number of nitrogens with one attached hydrogen (secondary N) is 1. The highest BCUT2D eigenvalue weighted by atomic mass is 14.9. The van der Waals surface area contributed by atoms with E-state index in [2.05, 4.69) is 175 Å². The molecule has 8 aromatic carbocycles. The molecule has 0 unspecified atom stereocenters. The molecule has 1 N–H and O–H groups in total. The summed E-state index contributed by atoms with van der Waals surface area (Å²) in [6, 6.07) is 61.0. The van der Waals surface area contributed by atoms with Crippen LogP contribution in [0, 0.1) is 0 Å². The molecular weight excluding hydrogens is 518 g/mol. The zero-order chi connectivity index (χ0) is 28.6. The van der Waals surface area contributed by atoms with Gasteiger partial charge in [0.2, 0.25) is 0 Å². The second-order valence-corrected chi connectivity index (χ2v) is 11.0. The molecule has 0 aliphatic heterocycles. The van der Waals surface area contributed by atoms with Gasteiger partial charge in [0, 0.05) is 16.9 Å². The van der Waals surface area contributed by atoms with Gasteiger partial charge in [0.05, 0.1) is 0 Å². The predicted octanol–water partition coefficient (Wildman–Crippen LogP) is 11.9. The van der Waals surface area contributed by atoms with Crippen LogP contribution < -0.4 is 5.32 Å². The van der Waals surface area contributed by atoms with E-state index >= 15 is 0 Å². The Morgan fingerprint density at radius 2 is 0.837 bits per heavy atom. The van der Waals surface area contributed by atoms with Crippen molar-refractivity contribution in [3.05, 3.63) is 170 Å². The largest absolute Gasteiger partial charge is 0.355 e. The predicted molar refractivity (Wildman–Crippen MR) is 185 cm³/mol. The fourth-order valence-electron chi connectivity index (χ4n) is 6.45. The third-order valence-corrected chi connectivity index (χ3v) is 8.43. The molecule has 0 atom stereocenters. The summed E-state index contributed by atoms with van der Waals surface area (Å²) in [5.41, 5.74) is 9.32. The molecule has 8 rings (SSSR count). The lowest BCUT2D eigenvalue weighted by molar-refractivity contribution is 1.52. The molecule has 8 aromatic rings. The first-order chi connectivity index (χ1) is 21.3. The Bertz CT molecular complexity index is 2210. The van der Waals surface area contributed by atoms with Crippen molar-refractivity contribution in [2.75, 3.05) is 5.32 Å². The zero-order valence-electron chi connectivity index (χ0n) is 23.7. The van der Waals surface area contributed by atoms with Gasteiger partial charge in [0.25, 0.3) is 0 Å². The molecule has 43 heavy (non-hydrogen) atoms. The van der Waals surface area contributed by atoms with Crippen molar-refractivity contribution in [3.63, 3.8) is 0 Å². The van der Waals surface area contributed by atoms with Crippen LogP contribution >= 0.6 is 0 Å². The molecule has 0 heterocycles. The van der Waals surface area contributed by atoms with Crippen LogP contribution in [0.25, 0.3) is 65.7 Å². The SMILES string of the molecule is c1ccc(-c2cccc(Nc3cccc(-c4ccc5c6ccccc6c6ccccc6c5c4)c3-c3ccccc3)c2)cc1. The summed E-state index contributed by atoms with van der Waals surface area (Å²) in [4.78, 5) is 0. The zero-order valence-corrected chi connectivity index (χ0v) is 23.7. The lowest BCUT2D eigenvalue weighted by Gasteiger charge is -2.19. The lowest BCUT2D eigenvalue weighted by atomic mass is 9.89. The van der Waals surface area contributed by atoms with Crippen molar-refractivity contribution < 1.29 is 0 Å². The van der Waals surface area contributed by atoms with Crippen LogP contribution in [0.1, 0.15) is 0 Å². The van der Waals surface area contributed by atoms with Crippen LogP contribution in [0.5, 0.6) is 0 Å². The number of fused-ring (bicyclic) bond motifs is 6. The Balaban J connectivity index is 1.32. The summed E-state index contributed by atoms with van der Waals surface area (Å²) >= 11 is 0. The molecule has 0 fully saturated rings. The van der Waals surface area contributed by atoms with Gasteiger partial charge in [0.15, 0.2) is 0 Å². The van der Waals surface area contributed by atoms with E-state index in [0.29, 0.717) is 0 Å². The van der Waals surface area contributed by atoms with Crippen molar-refractivity contribution in [2.24, 2.45) is 0 Å². The van der Waals surface area contributed by atoms with E-state index in [-0.39, 0.29) is 0 Å². The molecule has 1 nitrogen and oxygen atoms in total. The normalized spacial score (nSPS) is 11.3. The monoisotopic (exact) mass is 547 g/mol. The highest BCUT2D eigenvalue weighted by molar-refractivity contribution is 6.25. The first kappa shape index (κ1) is 25.1. The van der Waals surface area contributed by atoms with Gasteiger partial charge in [0.1, 0.15) is 0 Å². The van der Waals surface area contributed by atoms with Crippen LogP contribution in [0.3, 0.4) is 0 Å². The summed E-state index contributed by atoms with van der Waals surface area (Å²) in [5, 5.41) is 11.5. The Morgan fingerprint density at radius 1 is 0.302 bits per heavy atom. The minimum absolute atomic E-state index is 1.06. The number of hydrogen-bond donors (Lipinski definition) is 1. The first-order valence-electron chi connectivity index (χ1n) is 14.8. The molecule has 1 heteroatoms. The topological polar surface area (TPSA) is 12.0 Å². The minimum atomic E-state index is 1.06. The Morgan fingerprint density at radius 3 is 1.51 bits per heavy atom. The molecule has 0 saturated carbocycles. The molecular formula is C42H29N. The Labute approximate surface area is 251 Å². The maximum Gasteiger partial charge on any atom is 0.0470 e. The Hall–Kier alpha value is -5.66. The highest BCUT2D eigenvalue weighted by Crippen LogP contribution is 2.42. The average molecular weight is 548 g/mol. The van der Waals surface area contributed by atoms with Gasteiger partial charge in [-0.3, -0.25) is 0 Å². The van der Waals surface area contributed by atoms with Gasteiger partial charge in [-0.25, -0.2) is 0 Å². The fourth-order valence-corrected chi connectivity index (χ4v) is 6.45. The highest BCUT2D eigenvalue weighted by Gasteiger charge is 2.15. The third-order valence-electron chi connectivity index (χ3n) is 8.43. The minimum Gasteiger partial charge on any atom is -0.355 e. The van der Waals surface area contributed by atoms with Crippen LogP contribution in [-0.4, -0.2) is 0 Å². The fraction of sp³-hybridized carbons (Fsp3) is 0. The summed E-state index contributed by atoms with van der Waals surface area (Å²) in [7, 11) is 0. The van der Waals surface area contributed by atoms with Gasteiger partial charge >= 0.3 is 0 Å². The van der Waals surface area contributed by atoms with Crippen LogP contribution in [0.4, 0.5) is 11.4 Å². The first-order valence-corrected chi connectivity index (χ1v) is 14.8. The van der Waals surface area contributed by atoms with E-state index in [1.54, 1.807) is 0 Å². The van der Waals surface area contributed by atoms with Gasteiger partial charge in [-0.1, -0.05) is 146 Å². The van der Waals surface area contributed by atoms with Crippen LogP contribution in [0.2, 0.25) is 0 Å². The molecule has 0 aliphatic carbocycles.